The zero-order valence-corrected chi connectivity index (χ0v) is 24.1. The number of hydrazone groups is 1. The van der Waals surface area contributed by atoms with Crippen molar-refractivity contribution in [3.05, 3.63) is 111 Å². The number of allylic oxidation sites excluding steroid dienone is 1. The van der Waals surface area contributed by atoms with E-state index < -0.39 is 0 Å². The number of rotatable bonds is 6. The topological polar surface area (TPSA) is 39.2 Å². The van der Waals surface area contributed by atoms with Gasteiger partial charge >= 0.3 is 0 Å². The molecule has 0 bridgehead atoms. The molecule has 3 aliphatic rings. The Morgan fingerprint density at radius 3 is 2.20 bits per heavy atom. The van der Waals surface area contributed by atoms with Crippen molar-refractivity contribution in [3.63, 3.8) is 0 Å². The molecule has 7 heteroatoms. The SMILES string of the molecule is O=C(CN1CCN(Cc2ccccc2)CC1)N1N=C2/C(=C\c3ccc(Cl)cc3)CCC[C@@H]2[C@H]1c1ccc(Cl)cc1. The molecule has 0 aromatic heterocycles. The smallest absolute Gasteiger partial charge is 0.257 e. The lowest BCUT2D eigenvalue weighted by Crippen LogP contribution is -2.49. The number of benzene rings is 3. The molecule has 0 unspecified atom stereocenters. The third kappa shape index (κ3) is 6.18. The number of piperazine rings is 1. The molecule has 1 aliphatic carbocycles. The van der Waals surface area contributed by atoms with Gasteiger partial charge in [0.25, 0.3) is 5.91 Å². The second kappa shape index (κ2) is 12.3. The Bertz CT molecular complexity index is 1380. The highest BCUT2D eigenvalue weighted by atomic mass is 35.5. The third-order valence-electron chi connectivity index (χ3n) is 8.25. The summed E-state index contributed by atoms with van der Waals surface area (Å²) in [6, 6.07) is 26.3. The van der Waals surface area contributed by atoms with Crippen LogP contribution < -0.4 is 0 Å². The lowest BCUT2D eigenvalue weighted by atomic mass is 9.77. The Kier molecular flexibility index (Phi) is 8.35. The van der Waals surface area contributed by atoms with Gasteiger partial charge in [-0.2, -0.15) is 5.10 Å². The first-order valence-electron chi connectivity index (χ1n) is 14.1. The Morgan fingerprint density at radius 2 is 1.50 bits per heavy atom. The molecule has 2 aliphatic heterocycles. The molecule has 2 atom stereocenters. The molecule has 206 valence electrons. The van der Waals surface area contributed by atoms with E-state index in [9.17, 15) is 4.79 Å². The molecule has 0 N–H and O–H groups in total. The minimum Gasteiger partial charge on any atom is -0.297 e. The maximum absolute atomic E-state index is 13.9. The van der Waals surface area contributed by atoms with Crippen LogP contribution >= 0.6 is 23.2 Å². The molecular weight excluding hydrogens is 539 g/mol. The maximum atomic E-state index is 13.9. The normalized spacial score (nSPS) is 22.8. The molecule has 1 saturated carbocycles. The summed E-state index contributed by atoms with van der Waals surface area (Å²) in [7, 11) is 0. The van der Waals surface area contributed by atoms with E-state index in [4.69, 9.17) is 28.3 Å². The molecule has 5 nitrogen and oxygen atoms in total. The second-order valence-corrected chi connectivity index (χ2v) is 11.9. The number of fused-ring (bicyclic) bond motifs is 1. The largest absolute Gasteiger partial charge is 0.297 e. The monoisotopic (exact) mass is 572 g/mol. The van der Waals surface area contributed by atoms with E-state index in [0.29, 0.717) is 11.6 Å². The minimum absolute atomic E-state index is 0.0594. The van der Waals surface area contributed by atoms with Crippen LogP contribution in [0.3, 0.4) is 0 Å². The van der Waals surface area contributed by atoms with Crippen LogP contribution in [0.2, 0.25) is 10.0 Å². The summed E-state index contributed by atoms with van der Waals surface area (Å²) in [4.78, 5) is 18.6. The van der Waals surface area contributed by atoms with Gasteiger partial charge in [0.05, 0.1) is 18.3 Å². The highest BCUT2D eigenvalue weighted by molar-refractivity contribution is 6.30. The van der Waals surface area contributed by atoms with Crippen molar-refractivity contribution in [2.24, 2.45) is 11.0 Å². The van der Waals surface area contributed by atoms with E-state index in [-0.39, 0.29) is 17.9 Å². The molecule has 3 aromatic rings. The predicted molar refractivity (Wildman–Crippen MR) is 163 cm³/mol. The van der Waals surface area contributed by atoms with Crippen LogP contribution in [0, 0.1) is 5.92 Å². The van der Waals surface area contributed by atoms with E-state index in [1.807, 2.05) is 48.5 Å². The Morgan fingerprint density at radius 1 is 0.850 bits per heavy atom. The van der Waals surface area contributed by atoms with Crippen molar-refractivity contribution < 1.29 is 4.79 Å². The van der Waals surface area contributed by atoms with Crippen molar-refractivity contribution in [2.45, 2.75) is 31.8 Å². The van der Waals surface area contributed by atoms with Gasteiger partial charge in [-0.1, -0.05) is 77.8 Å². The fourth-order valence-corrected chi connectivity index (χ4v) is 6.42. The number of carbonyl (C=O) groups is 1. The van der Waals surface area contributed by atoms with Crippen LogP contribution in [-0.4, -0.2) is 59.2 Å². The van der Waals surface area contributed by atoms with Crippen LogP contribution in [-0.2, 0) is 11.3 Å². The fraction of sp³-hybridized carbons (Fsp3) is 0.333. The lowest BCUT2D eigenvalue weighted by molar-refractivity contribution is -0.135. The summed E-state index contributed by atoms with van der Waals surface area (Å²) in [5.41, 5.74) is 5.77. The summed E-state index contributed by atoms with van der Waals surface area (Å²) in [6.07, 6.45) is 5.24. The lowest BCUT2D eigenvalue weighted by Gasteiger charge is -2.35. The molecular formula is C33H34Cl2N4O. The molecule has 2 heterocycles. The average molecular weight is 574 g/mol. The van der Waals surface area contributed by atoms with Gasteiger partial charge in [-0.15, -0.1) is 0 Å². The standard InChI is InChI=1S/C33H34Cl2N4O/c34-28-13-9-24(10-14-28)21-27-7-4-8-30-32(27)36-39(33(30)26-11-15-29(35)16-12-26)31(40)23-38-19-17-37(18-20-38)22-25-5-2-1-3-6-25/h1-3,5-6,9-16,21,30,33H,4,7-8,17-20,22-23H2/b27-21-/t30-,33+/m0/s1. The molecule has 0 radical (unpaired) electrons. The van der Waals surface area contributed by atoms with Gasteiger partial charge in [0, 0.05) is 48.7 Å². The van der Waals surface area contributed by atoms with E-state index >= 15 is 0 Å². The minimum atomic E-state index is -0.118. The number of amides is 1. The Labute approximate surface area is 246 Å². The van der Waals surface area contributed by atoms with Crippen molar-refractivity contribution in [2.75, 3.05) is 32.7 Å². The Hall–Kier alpha value is -2.96. The van der Waals surface area contributed by atoms with Crippen LogP contribution in [0.5, 0.6) is 0 Å². The maximum Gasteiger partial charge on any atom is 0.257 e. The van der Waals surface area contributed by atoms with Gasteiger partial charge in [0.2, 0.25) is 0 Å². The zero-order chi connectivity index (χ0) is 27.5. The van der Waals surface area contributed by atoms with E-state index in [0.717, 1.165) is 73.8 Å². The molecule has 2 fully saturated rings. The molecule has 0 spiro atoms. The number of carbonyl (C=O) groups excluding carboxylic acids is 1. The fourth-order valence-electron chi connectivity index (χ4n) is 6.17. The highest BCUT2D eigenvalue weighted by Crippen LogP contribution is 2.44. The van der Waals surface area contributed by atoms with Gasteiger partial charge in [-0.3, -0.25) is 14.6 Å². The van der Waals surface area contributed by atoms with E-state index in [2.05, 4.69) is 46.2 Å². The summed E-state index contributed by atoms with van der Waals surface area (Å²) in [5.74, 6) is 0.226. The van der Waals surface area contributed by atoms with E-state index in [1.165, 1.54) is 11.1 Å². The van der Waals surface area contributed by atoms with E-state index in [1.54, 1.807) is 5.01 Å². The van der Waals surface area contributed by atoms with Gasteiger partial charge < -0.3 is 0 Å². The predicted octanol–water partition coefficient (Wildman–Crippen LogP) is 6.93. The number of hydrogen-bond acceptors (Lipinski definition) is 4. The van der Waals surface area contributed by atoms with Crippen LogP contribution in [0.4, 0.5) is 0 Å². The summed E-state index contributed by atoms with van der Waals surface area (Å²) in [6.45, 7) is 4.98. The summed E-state index contributed by atoms with van der Waals surface area (Å²) < 4.78 is 0. The van der Waals surface area contributed by atoms with Gasteiger partial charge in [-0.25, -0.2) is 5.01 Å². The van der Waals surface area contributed by atoms with Gasteiger partial charge in [0.15, 0.2) is 0 Å². The van der Waals surface area contributed by atoms with Gasteiger partial charge in [-0.05, 0) is 71.9 Å². The van der Waals surface area contributed by atoms with Crippen LogP contribution in [0.1, 0.15) is 42.0 Å². The number of nitrogens with zero attached hydrogens (tertiary/aromatic N) is 4. The van der Waals surface area contributed by atoms with Crippen molar-refractivity contribution in [1.29, 1.82) is 0 Å². The molecule has 6 rings (SSSR count). The highest BCUT2D eigenvalue weighted by Gasteiger charge is 2.44. The van der Waals surface area contributed by atoms with Gasteiger partial charge in [0.1, 0.15) is 0 Å². The molecule has 3 aromatic carbocycles. The zero-order valence-electron chi connectivity index (χ0n) is 22.6. The van der Waals surface area contributed by atoms with Crippen molar-refractivity contribution >= 4 is 40.9 Å². The molecule has 1 saturated heterocycles. The summed E-state index contributed by atoms with van der Waals surface area (Å²) in [5, 5.41) is 8.26. The number of hydrogen-bond donors (Lipinski definition) is 0. The first-order chi connectivity index (χ1) is 19.5. The average Bonchev–Trinajstić information content (AvgIpc) is 3.37. The number of halogens is 2. The van der Waals surface area contributed by atoms with Crippen molar-refractivity contribution in [3.8, 4) is 0 Å². The second-order valence-electron chi connectivity index (χ2n) is 11.0. The summed E-state index contributed by atoms with van der Waals surface area (Å²) >= 11 is 12.3. The molecule has 1 amide bonds. The van der Waals surface area contributed by atoms with Crippen LogP contribution in [0.25, 0.3) is 6.08 Å². The van der Waals surface area contributed by atoms with Crippen molar-refractivity contribution in [1.82, 2.24) is 14.8 Å². The third-order valence-corrected chi connectivity index (χ3v) is 8.76. The Balaban J connectivity index is 1.20. The first-order valence-corrected chi connectivity index (χ1v) is 14.9. The molecule has 40 heavy (non-hydrogen) atoms. The first kappa shape index (κ1) is 27.2. The van der Waals surface area contributed by atoms with Crippen LogP contribution in [0.15, 0.2) is 89.5 Å². The quantitative estimate of drug-likeness (QED) is 0.321.